The van der Waals surface area contributed by atoms with Crippen molar-refractivity contribution in [2.75, 3.05) is 62.0 Å². The van der Waals surface area contributed by atoms with Crippen molar-refractivity contribution >= 4 is 30.4 Å². The highest BCUT2D eigenvalue weighted by molar-refractivity contribution is 5.85. The molecule has 0 aromatic heterocycles. The van der Waals surface area contributed by atoms with Crippen LogP contribution in [0.2, 0.25) is 0 Å². The van der Waals surface area contributed by atoms with Crippen LogP contribution in [-0.4, -0.2) is 95.1 Å². The number of aliphatic carboxylic acids is 1. The van der Waals surface area contributed by atoms with Crippen LogP contribution in [0.4, 0.5) is 4.79 Å². The van der Waals surface area contributed by atoms with Crippen LogP contribution in [0.3, 0.4) is 0 Å². The van der Waals surface area contributed by atoms with Crippen LogP contribution < -0.4 is 23.2 Å². The minimum atomic E-state index is -1.20. The van der Waals surface area contributed by atoms with Crippen molar-refractivity contribution in [2.24, 2.45) is 5.73 Å². The van der Waals surface area contributed by atoms with E-state index in [1.807, 2.05) is 42.3 Å². The summed E-state index contributed by atoms with van der Waals surface area (Å²) >= 11 is 0. The molecule has 0 aliphatic rings. The highest BCUT2D eigenvalue weighted by Crippen LogP contribution is 2.04. The largest absolute Gasteiger partial charge is 1.00 e. The number of rotatable bonds is 8. The van der Waals surface area contributed by atoms with Crippen LogP contribution in [0.5, 0.6) is 0 Å². The van der Waals surface area contributed by atoms with Gasteiger partial charge in [-0.1, -0.05) is 0 Å². The molecule has 158 valence electrons. The van der Waals surface area contributed by atoms with Crippen molar-refractivity contribution < 1.29 is 50.3 Å². The van der Waals surface area contributed by atoms with Gasteiger partial charge in [0.1, 0.15) is 19.7 Å². The Morgan fingerprint density at radius 1 is 1.04 bits per heavy atom. The second-order valence-electron chi connectivity index (χ2n) is 7.46. The van der Waals surface area contributed by atoms with Crippen molar-refractivity contribution in [2.45, 2.75) is 19.4 Å². The molecule has 0 saturated carbocycles. The zero-order valence-electron chi connectivity index (χ0n) is 16.6. The first-order valence-corrected chi connectivity index (χ1v) is 7.52. The van der Waals surface area contributed by atoms with Gasteiger partial charge in [0.05, 0.1) is 42.3 Å². The SMILES string of the molecule is CC(=O)O[C@H](CC(=O)[O-])C[N+](C)(C)C.C[N+](C)(C)CCOC(N)=O.Cl.[Cl-]. The number of nitrogens with two attached hydrogens (primary N) is 1. The standard InChI is InChI=1S/C9H17NO4.C6H14N2O2.2ClH/c1-7(11)14-8(5-9(12)13)6-10(2,3)4;1-8(2,3)4-5-10-6(7)9;;/h8H,5-6H2,1-4H3;4-5H2,1-3H3,(H-,7,9);2*1H/t8-;;;/m1.../s1. The molecule has 26 heavy (non-hydrogen) atoms. The van der Waals surface area contributed by atoms with Gasteiger partial charge in [-0.05, 0) is 0 Å². The van der Waals surface area contributed by atoms with Gasteiger partial charge in [0.25, 0.3) is 0 Å². The molecule has 1 amide bonds. The molecule has 0 aliphatic carbocycles. The smallest absolute Gasteiger partial charge is 0.404 e. The topological polar surface area (TPSA) is 119 Å². The second-order valence-corrected chi connectivity index (χ2v) is 7.46. The molecule has 2 N–H and O–H groups in total. The molecule has 0 aromatic rings. The highest BCUT2D eigenvalue weighted by Gasteiger charge is 2.20. The zero-order chi connectivity index (χ0) is 19.6. The van der Waals surface area contributed by atoms with Gasteiger partial charge >= 0.3 is 12.1 Å². The summed E-state index contributed by atoms with van der Waals surface area (Å²) in [6.07, 6.45) is -1.57. The van der Waals surface area contributed by atoms with Crippen LogP contribution in [-0.2, 0) is 19.1 Å². The van der Waals surface area contributed by atoms with E-state index in [9.17, 15) is 19.5 Å². The van der Waals surface area contributed by atoms with Crippen molar-refractivity contribution in [3.8, 4) is 0 Å². The Bertz CT molecular complexity index is 407. The predicted octanol–water partition coefficient (Wildman–Crippen LogP) is -4.02. The minimum absolute atomic E-state index is 0. The number of hydrogen-bond acceptors (Lipinski definition) is 6. The van der Waals surface area contributed by atoms with Gasteiger partial charge in [0.2, 0.25) is 0 Å². The number of halogens is 2. The monoisotopic (exact) mass is 421 g/mol. The minimum Gasteiger partial charge on any atom is -1.00 e. The molecule has 0 unspecified atom stereocenters. The maximum Gasteiger partial charge on any atom is 0.404 e. The maximum atomic E-state index is 10.7. The Balaban J connectivity index is -0.000000181. The molecule has 0 heterocycles. The molecule has 0 spiro atoms. The summed E-state index contributed by atoms with van der Waals surface area (Å²) < 4.78 is 10.7. The van der Waals surface area contributed by atoms with Crippen molar-refractivity contribution in [1.82, 2.24) is 0 Å². The summed E-state index contributed by atoms with van der Waals surface area (Å²) in [4.78, 5) is 31.1. The summed E-state index contributed by atoms with van der Waals surface area (Å²) in [6, 6.07) is 0. The molecule has 0 radical (unpaired) electrons. The van der Waals surface area contributed by atoms with E-state index >= 15 is 0 Å². The van der Waals surface area contributed by atoms with E-state index < -0.39 is 24.1 Å². The normalized spacial score (nSPS) is 11.5. The number of primary amides is 1. The Morgan fingerprint density at radius 2 is 1.50 bits per heavy atom. The highest BCUT2D eigenvalue weighted by atomic mass is 35.5. The molecule has 11 heteroatoms. The number of ether oxygens (including phenoxy) is 2. The first-order chi connectivity index (χ1) is 10.6. The maximum absolute atomic E-state index is 10.7. The fourth-order valence-corrected chi connectivity index (χ4v) is 1.60. The van der Waals surface area contributed by atoms with Crippen LogP contribution in [0, 0.1) is 0 Å². The van der Waals surface area contributed by atoms with E-state index in [0.29, 0.717) is 17.6 Å². The molecular formula is C15H33Cl2N3O6. The van der Waals surface area contributed by atoms with Crippen LogP contribution in [0.25, 0.3) is 0 Å². The van der Waals surface area contributed by atoms with E-state index in [2.05, 4.69) is 4.74 Å². The number of carbonyl (C=O) groups is 3. The van der Waals surface area contributed by atoms with E-state index in [4.69, 9.17) is 10.5 Å². The number of hydrogen-bond donors (Lipinski definition) is 1. The molecular weight excluding hydrogens is 389 g/mol. The summed E-state index contributed by atoms with van der Waals surface area (Å²) in [6.45, 7) is 2.88. The van der Waals surface area contributed by atoms with E-state index in [1.165, 1.54) is 6.92 Å². The first-order valence-electron chi connectivity index (χ1n) is 7.52. The molecule has 0 rings (SSSR count). The van der Waals surface area contributed by atoms with E-state index in [0.717, 1.165) is 11.0 Å². The summed E-state index contributed by atoms with van der Waals surface area (Å²) in [7, 11) is 11.7. The lowest BCUT2D eigenvalue weighted by atomic mass is 10.2. The van der Waals surface area contributed by atoms with E-state index in [1.54, 1.807) is 0 Å². The number of likely N-dealkylation sites (N-methyl/N-ethyl adjacent to an activating group) is 2. The number of quaternary nitrogens is 2. The molecule has 1 atom stereocenters. The molecule has 0 saturated heterocycles. The Morgan fingerprint density at radius 3 is 1.77 bits per heavy atom. The van der Waals surface area contributed by atoms with Crippen LogP contribution in [0.1, 0.15) is 13.3 Å². The predicted molar refractivity (Wildman–Crippen MR) is 93.8 cm³/mol. The van der Waals surface area contributed by atoms with E-state index in [-0.39, 0.29) is 31.2 Å². The van der Waals surface area contributed by atoms with Gasteiger partial charge < -0.3 is 46.5 Å². The van der Waals surface area contributed by atoms with Gasteiger partial charge in [-0.2, -0.15) is 0 Å². The Kier molecular flexibility index (Phi) is 18.5. The average molecular weight is 422 g/mol. The number of amides is 1. The third-order valence-electron chi connectivity index (χ3n) is 2.48. The lowest BCUT2D eigenvalue weighted by molar-refractivity contribution is -0.873. The first kappa shape index (κ1) is 32.4. The Labute approximate surface area is 168 Å². The number of esters is 1. The van der Waals surface area contributed by atoms with Gasteiger partial charge in [-0.25, -0.2) is 4.79 Å². The van der Waals surface area contributed by atoms with Gasteiger partial charge in [-0.3, -0.25) is 4.79 Å². The van der Waals surface area contributed by atoms with Gasteiger partial charge in [-0.15, -0.1) is 12.4 Å². The lowest BCUT2D eigenvalue weighted by Gasteiger charge is -2.28. The number of carbonyl (C=O) groups excluding carboxylic acids is 3. The van der Waals surface area contributed by atoms with Gasteiger partial charge in [0.15, 0.2) is 6.10 Å². The van der Waals surface area contributed by atoms with Gasteiger partial charge in [0, 0.05) is 19.3 Å². The number of nitrogens with zero attached hydrogens (tertiary/aromatic N) is 2. The Hall–Kier alpha value is -1.29. The van der Waals surface area contributed by atoms with Crippen molar-refractivity contribution in [3.63, 3.8) is 0 Å². The molecule has 9 nitrogen and oxygen atoms in total. The molecule has 0 bridgehead atoms. The second kappa shape index (κ2) is 14.8. The molecule has 0 aromatic carbocycles. The third kappa shape index (κ3) is 30.6. The lowest BCUT2D eigenvalue weighted by Crippen LogP contribution is -3.00. The number of carboxylic acid groups (broad SMARTS) is 1. The zero-order valence-corrected chi connectivity index (χ0v) is 18.2. The fourth-order valence-electron chi connectivity index (χ4n) is 1.60. The summed E-state index contributed by atoms with van der Waals surface area (Å²) in [5, 5.41) is 10.4. The van der Waals surface area contributed by atoms with Crippen LogP contribution >= 0.6 is 12.4 Å². The average Bonchev–Trinajstić information content (AvgIpc) is 2.22. The fraction of sp³-hybridized carbons (Fsp3) is 0.800. The van der Waals surface area contributed by atoms with Crippen molar-refractivity contribution in [3.05, 3.63) is 0 Å². The summed E-state index contributed by atoms with van der Waals surface area (Å²) in [5.41, 5.74) is 4.75. The molecule has 0 fully saturated rings. The van der Waals surface area contributed by atoms with Crippen molar-refractivity contribution in [1.29, 1.82) is 0 Å². The van der Waals surface area contributed by atoms with Crippen LogP contribution in [0.15, 0.2) is 0 Å². The third-order valence-corrected chi connectivity index (χ3v) is 2.48. The summed E-state index contributed by atoms with van der Waals surface area (Å²) in [5.74, 6) is -1.67. The molecule has 0 aliphatic heterocycles. The number of carboxylic acids is 1. The quantitative estimate of drug-likeness (QED) is 0.315.